The fourth-order valence-corrected chi connectivity index (χ4v) is 2.76. The lowest BCUT2D eigenvalue weighted by atomic mass is 10.2. The topological polar surface area (TPSA) is 23.8 Å². The smallest absolute Gasteiger partial charge is 0.0696 e. The molecule has 0 spiro atoms. The van der Waals surface area contributed by atoms with Gasteiger partial charge in [0.05, 0.1) is 17.5 Å². The fraction of sp³-hybridized carbons (Fsp3) is 0.100. The zero-order chi connectivity index (χ0) is 10.1. The molecule has 0 aliphatic heterocycles. The first-order valence-electron chi connectivity index (χ1n) is 3.99. The predicted octanol–water partition coefficient (Wildman–Crippen LogP) is 3.91. The molecule has 0 amide bonds. The van der Waals surface area contributed by atoms with Gasteiger partial charge in [0.15, 0.2) is 0 Å². The van der Waals surface area contributed by atoms with E-state index >= 15 is 0 Å². The van der Waals surface area contributed by atoms with Crippen molar-refractivity contribution in [3.8, 4) is 6.07 Å². The number of benzene rings is 1. The Morgan fingerprint density at radius 2 is 2.29 bits per heavy atom. The molecule has 0 radical (unpaired) electrons. The molecule has 0 aliphatic rings. The number of hydrogen-bond donors (Lipinski definition) is 1. The van der Waals surface area contributed by atoms with Crippen LogP contribution in [-0.2, 0) is 6.42 Å². The lowest BCUT2D eigenvalue weighted by molar-refractivity contribution is 1.32. The summed E-state index contributed by atoms with van der Waals surface area (Å²) in [6.45, 7) is 0. The van der Waals surface area contributed by atoms with E-state index in [1.165, 1.54) is 0 Å². The summed E-state index contributed by atoms with van der Waals surface area (Å²) in [4.78, 5) is 1.82. The number of hydrogen-bond acceptors (Lipinski definition) is 3. The van der Waals surface area contributed by atoms with E-state index in [4.69, 9.17) is 16.9 Å². The number of fused-ring (bicyclic) bond motifs is 1. The Hall–Kier alpha value is -0.690. The molecule has 1 heterocycles. The van der Waals surface area contributed by atoms with Gasteiger partial charge < -0.3 is 0 Å². The van der Waals surface area contributed by atoms with Crippen molar-refractivity contribution in [3.05, 3.63) is 28.1 Å². The minimum absolute atomic E-state index is 0.442. The van der Waals surface area contributed by atoms with Gasteiger partial charge in [0.25, 0.3) is 0 Å². The van der Waals surface area contributed by atoms with E-state index in [2.05, 4.69) is 18.7 Å². The molecule has 1 aromatic carbocycles. The third kappa shape index (κ3) is 1.61. The number of halogens is 1. The van der Waals surface area contributed by atoms with Gasteiger partial charge in [0, 0.05) is 19.9 Å². The van der Waals surface area contributed by atoms with E-state index in [-0.39, 0.29) is 0 Å². The molecular weight excluding hydrogens is 234 g/mol. The van der Waals surface area contributed by atoms with Crippen LogP contribution in [0.5, 0.6) is 0 Å². The monoisotopic (exact) mass is 239 g/mol. The second-order valence-corrected chi connectivity index (χ2v) is 4.89. The number of nitrogens with zero attached hydrogens (tertiary/aromatic N) is 1. The SMILES string of the molecule is N#CCc1cc2c(Cl)c(S)ccc2s1. The third-order valence-electron chi connectivity index (χ3n) is 1.92. The Kier molecular flexibility index (Phi) is 2.69. The maximum Gasteiger partial charge on any atom is 0.0696 e. The van der Waals surface area contributed by atoms with Crippen molar-refractivity contribution >= 4 is 45.7 Å². The minimum atomic E-state index is 0.442. The van der Waals surface area contributed by atoms with Crippen LogP contribution in [0.15, 0.2) is 23.1 Å². The number of nitriles is 1. The maximum absolute atomic E-state index is 8.58. The molecule has 0 unspecified atom stereocenters. The molecule has 70 valence electrons. The first-order chi connectivity index (χ1) is 6.72. The van der Waals surface area contributed by atoms with Gasteiger partial charge >= 0.3 is 0 Å². The van der Waals surface area contributed by atoms with Crippen molar-refractivity contribution in [1.82, 2.24) is 0 Å². The van der Waals surface area contributed by atoms with Crippen LogP contribution in [0.25, 0.3) is 10.1 Å². The van der Waals surface area contributed by atoms with E-state index in [9.17, 15) is 0 Å². The molecule has 14 heavy (non-hydrogen) atoms. The van der Waals surface area contributed by atoms with Crippen LogP contribution in [0.3, 0.4) is 0 Å². The highest BCUT2D eigenvalue weighted by atomic mass is 35.5. The summed E-state index contributed by atoms with van der Waals surface area (Å²) in [5.74, 6) is 0. The molecule has 0 saturated carbocycles. The van der Waals surface area contributed by atoms with Crippen molar-refractivity contribution in [2.75, 3.05) is 0 Å². The Morgan fingerprint density at radius 3 is 3.00 bits per heavy atom. The van der Waals surface area contributed by atoms with Crippen molar-refractivity contribution in [2.45, 2.75) is 11.3 Å². The maximum atomic E-state index is 8.58. The Balaban J connectivity index is 2.66. The molecule has 0 atom stereocenters. The molecule has 4 heteroatoms. The molecule has 2 aromatic rings. The predicted molar refractivity (Wildman–Crippen MR) is 63.4 cm³/mol. The first-order valence-corrected chi connectivity index (χ1v) is 5.63. The summed E-state index contributed by atoms with van der Waals surface area (Å²) in [6.07, 6.45) is 0.442. The van der Waals surface area contributed by atoms with E-state index in [1.807, 2.05) is 18.2 Å². The van der Waals surface area contributed by atoms with Crippen molar-refractivity contribution in [2.24, 2.45) is 0 Å². The molecule has 2 rings (SSSR count). The van der Waals surface area contributed by atoms with Gasteiger partial charge in [-0.3, -0.25) is 0 Å². The highest BCUT2D eigenvalue weighted by Gasteiger charge is 2.06. The molecule has 1 nitrogen and oxygen atoms in total. The Morgan fingerprint density at radius 1 is 1.50 bits per heavy atom. The Labute approximate surface area is 96.3 Å². The summed E-state index contributed by atoms with van der Waals surface area (Å²) in [5, 5.41) is 10.2. The number of thiol groups is 1. The van der Waals surface area contributed by atoms with Gasteiger partial charge in [0.1, 0.15) is 0 Å². The normalized spacial score (nSPS) is 10.4. The van der Waals surface area contributed by atoms with E-state index in [0.717, 1.165) is 19.9 Å². The van der Waals surface area contributed by atoms with Gasteiger partial charge in [-0.1, -0.05) is 11.6 Å². The standard InChI is InChI=1S/C10H6ClNS2/c11-10-7-5-6(3-4-12)14-9(7)2-1-8(10)13/h1-2,5,13H,3H2. The first kappa shape index (κ1) is 9.85. The van der Waals surface area contributed by atoms with E-state index in [0.29, 0.717) is 11.4 Å². The van der Waals surface area contributed by atoms with Gasteiger partial charge in [0.2, 0.25) is 0 Å². The Bertz CT molecular complexity index is 525. The number of rotatable bonds is 1. The molecule has 0 saturated heterocycles. The summed E-state index contributed by atoms with van der Waals surface area (Å²) < 4.78 is 1.11. The van der Waals surface area contributed by atoms with Gasteiger partial charge in [-0.15, -0.1) is 24.0 Å². The molecule has 0 fully saturated rings. The second kappa shape index (κ2) is 3.82. The molecular formula is C10H6ClNS2. The lowest BCUT2D eigenvalue weighted by Gasteiger charge is -1.96. The van der Waals surface area contributed by atoms with Crippen molar-refractivity contribution in [1.29, 1.82) is 5.26 Å². The number of thiophene rings is 1. The van der Waals surface area contributed by atoms with Crippen LogP contribution >= 0.6 is 35.6 Å². The molecule has 0 aliphatic carbocycles. The highest BCUT2D eigenvalue weighted by molar-refractivity contribution is 7.80. The largest absolute Gasteiger partial charge is 0.198 e. The summed E-state index contributed by atoms with van der Waals surface area (Å²) in [5.41, 5.74) is 0. The van der Waals surface area contributed by atoms with Gasteiger partial charge in [-0.2, -0.15) is 5.26 Å². The zero-order valence-electron chi connectivity index (χ0n) is 7.12. The zero-order valence-corrected chi connectivity index (χ0v) is 9.59. The van der Waals surface area contributed by atoms with Crippen molar-refractivity contribution in [3.63, 3.8) is 0 Å². The molecule has 1 aromatic heterocycles. The van der Waals surface area contributed by atoms with Crippen LogP contribution in [0.4, 0.5) is 0 Å². The minimum Gasteiger partial charge on any atom is -0.198 e. The van der Waals surface area contributed by atoms with Gasteiger partial charge in [-0.05, 0) is 18.2 Å². The summed E-state index contributed by atoms with van der Waals surface area (Å²) in [7, 11) is 0. The van der Waals surface area contributed by atoms with E-state index < -0.39 is 0 Å². The van der Waals surface area contributed by atoms with Crippen LogP contribution in [-0.4, -0.2) is 0 Å². The van der Waals surface area contributed by atoms with Crippen LogP contribution in [0.2, 0.25) is 5.02 Å². The van der Waals surface area contributed by atoms with Crippen molar-refractivity contribution < 1.29 is 0 Å². The molecule has 0 N–H and O–H groups in total. The average molecular weight is 240 g/mol. The third-order valence-corrected chi connectivity index (χ3v) is 3.93. The quantitative estimate of drug-likeness (QED) is 0.750. The highest BCUT2D eigenvalue weighted by Crippen LogP contribution is 2.35. The summed E-state index contributed by atoms with van der Waals surface area (Å²) >= 11 is 11.9. The van der Waals surface area contributed by atoms with Crippen LogP contribution < -0.4 is 0 Å². The van der Waals surface area contributed by atoms with Gasteiger partial charge in [-0.25, -0.2) is 0 Å². The molecule has 0 bridgehead atoms. The average Bonchev–Trinajstić information content (AvgIpc) is 2.56. The lowest BCUT2D eigenvalue weighted by Crippen LogP contribution is -1.71. The van der Waals surface area contributed by atoms with E-state index in [1.54, 1.807) is 11.3 Å². The van der Waals surface area contributed by atoms with Crippen LogP contribution in [0.1, 0.15) is 4.88 Å². The summed E-state index contributed by atoms with van der Waals surface area (Å²) in [6, 6.07) is 7.95. The second-order valence-electron chi connectivity index (χ2n) is 2.86. The fourth-order valence-electron chi connectivity index (χ4n) is 1.28. The van der Waals surface area contributed by atoms with Crippen LogP contribution in [0, 0.1) is 11.3 Å².